The van der Waals surface area contributed by atoms with Crippen LogP contribution in [-0.2, 0) is 0 Å². The summed E-state index contributed by atoms with van der Waals surface area (Å²) in [5.74, 6) is 4.10. The Hall–Kier alpha value is -1.22. The van der Waals surface area contributed by atoms with E-state index in [0.717, 1.165) is 24.5 Å². The van der Waals surface area contributed by atoms with Gasteiger partial charge in [0, 0.05) is 35.6 Å². The van der Waals surface area contributed by atoms with Crippen LogP contribution in [0.2, 0.25) is 0 Å². The Bertz CT molecular complexity index is 483. The first-order chi connectivity index (χ1) is 10.2. The lowest BCUT2D eigenvalue weighted by molar-refractivity contribution is -0.384. The van der Waals surface area contributed by atoms with Gasteiger partial charge in [-0.2, -0.15) is 28.5 Å². The molecule has 2 heterocycles. The first kappa shape index (κ1) is 16.2. The summed E-state index contributed by atoms with van der Waals surface area (Å²) < 4.78 is 0. The number of nitrogens with one attached hydrogen (secondary N) is 2. The fraction of sp³-hybridized carbons (Fsp3) is 0.667. The summed E-state index contributed by atoms with van der Waals surface area (Å²) in [6.45, 7) is 3.46. The zero-order valence-corrected chi connectivity index (χ0v) is 13.5. The average Bonchev–Trinajstić information content (AvgIpc) is 2.51. The van der Waals surface area contributed by atoms with Crippen LogP contribution in [0.3, 0.4) is 0 Å². The smallest absolute Gasteiger partial charge is 0.329 e. The number of nitrogens with zero attached hydrogens (tertiary/aromatic N) is 3. The van der Waals surface area contributed by atoms with Gasteiger partial charge >= 0.3 is 5.69 Å². The summed E-state index contributed by atoms with van der Waals surface area (Å²) in [5.41, 5.74) is -0.0782. The van der Waals surface area contributed by atoms with Crippen LogP contribution in [0, 0.1) is 10.1 Å². The lowest BCUT2D eigenvalue weighted by atomic mass is 10.4. The summed E-state index contributed by atoms with van der Waals surface area (Å²) in [6, 6.07) is 0. The predicted molar refractivity (Wildman–Crippen MR) is 89.5 cm³/mol. The summed E-state index contributed by atoms with van der Waals surface area (Å²) in [6.07, 6.45) is 2.20. The monoisotopic (exact) mass is 329 g/mol. The van der Waals surface area contributed by atoms with Gasteiger partial charge in [-0.05, 0) is 6.42 Å². The first-order valence-electron chi connectivity index (χ1n) is 6.89. The SMILES string of the molecule is CCCNc1ncc([N+](=O)[O-])c(NCC2CSCCS2)n1. The van der Waals surface area contributed by atoms with Crippen LogP contribution in [0.25, 0.3) is 0 Å². The van der Waals surface area contributed by atoms with Crippen molar-refractivity contribution in [1.82, 2.24) is 9.97 Å². The molecular formula is C12H19N5O2S2. The van der Waals surface area contributed by atoms with Gasteiger partial charge in [0.15, 0.2) is 0 Å². The van der Waals surface area contributed by atoms with Crippen LogP contribution in [0.1, 0.15) is 13.3 Å². The maximum Gasteiger partial charge on any atom is 0.329 e. The van der Waals surface area contributed by atoms with Crippen LogP contribution in [0.15, 0.2) is 6.20 Å². The highest BCUT2D eigenvalue weighted by molar-refractivity contribution is 8.06. The molecule has 1 aromatic heterocycles. The molecule has 7 nitrogen and oxygen atoms in total. The molecule has 9 heteroatoms. The van der Waals surface area contributed by atoms with E-state index in [1.807, 2.05) is 30.4 Å². The molecule has 116 valence electrons. The van der Waals surface area contributed by atoms with Crippen LogP contribution in [0.4, 0.5) is 17.5 Å². The van der Waals surface area contributed by atoms with Crippen molar-refractivity contribution in [3.8, 4) is 0 Å². The van der Waals surface area contributed by atoms with E-state index in [0.29, 0.717) is 23.6 Å². The van der Waals surface area contributed by atoms with Gasteiger partial charge in [0.05, 0.1) is 4.92 Å². The first-order valence-corrected chi connectivity index (χ1v) is 9.09. The minimum Gasteiger partial charge on any atom is -0.363 e. The van der Waals surface area contributed by atoms with Crippen molar-refractivity contribution in [3.63, 3.8) is 0 Å². The lowest BCUT2D eigenvalue weighted by Gasteiger charge is -2.21. The minimum atomic E-state index is -0.450. The molecule has 0 amide bonds. The number of hydrogen-bond acceptors (Lipinski definition) is 8. The molecule has 1 unspecified atom stereocenters. The molecule has 1 aliphatic rings. The fourth-order valence-corrected chi connectivity index (χ4v) is 4.44. The van der Waals surface area contributed by atoms with E-state index in [9.17, 15) is 10.1 Å². The quantitative estimate of drug-likeness (QED) is 0.582. The van der Waals surface area contributed by atoms with Crippen LogP contribution in [-0.4, -0.2) is 50.5 Å². The van der Waals surface area contributed by atoms with E-state index >= 15 is 0 Å². The molecule has 2 N–H and O–H groups in total. The van der Waals surface area contributed by atoms with Crippen molar-refractivity contribution in [2.45, 2.75) is 18.6 Å². The summed E-state index contributed by atoms with van der Waals surface area (Å²) in [4.78, 5) is 18.8. The number of anilines is 2. The van der Waals surface area contributed by atoms with Crippen molar-refractivity contribution in [2.75, 3.05) is 41.0 Å². The highest BCUT2D eigenvalue weighted by Gasteiger charge is 2.20. The van der Waals surface area contributed by atoms with Gasteiger partial charge in [-0.1, -0.05) is 6.92 Å². The van der Waals surface area contributed by atoms with Crippen molar-refractivity contribution < 1.29 is 4.92 Å². The molecule has 1 aromatic rings. The molecule has 0 aromatic carbocycles. The highest BCUT2D eigenvalue weighted by Crippen LogP contribution is 2.26. The summed E-state index contributed by atoms with van der Waals surface area (Å²) >= 11 is 3.83. The number of nitro groups is 1. The van der Waals surface area contributed by atoms with E-state index in [4.69, 9.17) is 0 Å². The molecular weight excluding hydrogens is 310 g/mol. The molecule has 0 saturated carbocycles. The Kier molecular flexibility index (Phi) is 6.37. The van der Waals surface area contributed by atoms with Crippen molar-refractivity contribution in [2.24, 2.45) is 0 Å². The average molecular weight is 329 g/mol. The Morgan fingerprint density at radius 3 is 3.00 bits per heavy atom. The standard InChI is InChI=1S/C12H19N5O2S2/c1-2-3-13-12-15-7-10(17(18)19)11(16-12)14-6-9-8-20-4-5-21-9/h7,9H,2-6,8H2,1H3,(H2,13,14,15,16). The Labute approximate surface area is 132 Å². The summed E-state index contributed by atoms with van der Waals surface area (Å²) in [5, 5.41) is 17.7. The Morgan fingerprint density at radius 2 is 2.33 bits per heavy atom. The number of hydrogen-bond donors (Lipinski definition) is 2. The van der Waals surface area contributed by atoms with Crippen LogP contribution < -0.4 is 10.6 Å². The van der Waals surface area contributed by atoms with Gasteiger partial charge in [0.1, 0.15) is 6.20 Å². The third-order valence-corrected chi connectivity index (χ3v) is 5.73. The second kappa shape index (κ2) is 8.28. The topological polar surface area (TPSA) is 93.0 Å². The highest BCUT2D eigenvalue weighted by atomic mass is 32.2. The molecule has 0 aliphatic carbocycles. The molecule has 2 rings (SSSR count). The Balaban J connectivity index is 2.04. The third-order valence-electron chi connectivity index (χ3n) is 2.88. The largest absolute Gasteiger partial charge is 0.363 e. The Morgan fingerprint density at radius 1 is 1.48 bits per heavy atom. The van der Waals surface area contributed by atoms with Gasteiger partial charge in [-0.3, -0.25) is 10.1 Å². The maximum atomic E-state index is 11.1. The normalized spacial score (nSPS) is 18.2. The maximum absolute atomic E-state index is 11.1. The predicted octanol–water partition coefficient (Wildman–Crippen LogP) is 2.47. The van der Waals surface area contributed by atoms with Crippen LogP contribution >= 0.6 is 23.5 Å². The molecule has 0 spiro atoms. The van der Waals surface area contributed by atoms with E-state index in [1.165, 1.54) is 11.9 Å². The molecule has 1 fully saturated rings. The molecule has 0 bridgehead atoms. The third kappa shape index (κ3) is 4.92. The van der Waals surface area contributed by atoms with Gasteiger partial charge < -0.3 is 10.6 Å². The molecule has 1 aliphatic heterocycles. The van der Waals surface area contributed by atoms with Gasteiger partial charge in [-0.15, -0.1) is 0 Å². The van der Waals surface area contributed by atoms with Crippen molar-refractivity contribution in [1.29, 1.82) is 0 Å². The van der Waals surface area contributed by atoms with Gasteiger partial charge in [0.2, 0.25) is 11.8 Å². The second-order valence-corrected chi connectivity index (χ2v) is 7.12. The van der Waals surface area contributed by atoms with Crippen LogP contribution in [0.5, 0.6) is 0 Å². The fourth-order valence-electron chi connectivity index (χ4n) is 1.83. The zero-order chi connectivity index (χ0) is 15.1. The summed E-state index contributed by atoms with van der Waals surface area (Å²) in [7, 11) is 0. The second-order valence-electron chi connectivity index (χ2n) is 4.56. The van der Waals surface area contributed by atoms with E-state index in [2.05, 4.69) is 20.6 Å². The van der Waals surface area contributed by atoms with Gasteiger partial charge in [0.25, 0.3) is 0 Å². The molecule has 1 atom stereocenters. The lowest BCUT2D eigenvalue weighted by Crippen LogP contribution is -2.24. The number of rotatable bonds is 7. The van der Waals surface area contributed by atoms with E-state index in [1.54, 1.807) is 0 Å². The molecule has 0 radical (unpaired) electrons. The van der Waals surface area contributed by atoms with Gasteiger partial charge in [-0.25, -0.2) is 4.98 Å². The minimum absolute atomic E-state index is 0.0782. The number of aromatic nitrogens is 2. The van der Waals surface area contributed by atoms with E-state index < -0.39 is 4.92 Å². The molecule has 21 heavy (non-hydrogen) atoms. The number of thioether (sulfide) groups is 2. The molecule has 1 saturated heterocycles. The van der Waals surface area contributed by atoms with Crippen molar-refractivity contribution in [3.05, 3.63) is 16.3 Å². The van der Waals surface area contributed by atoms with E-state index in [-0.39, 0.29) is 5.69 Å². The zero-order valence-electron chi connectivity index (χ0n) is 11.9. The van der Waals surface area contributed by atoms with Crippen molar-refractivity contribution >= 4 is 41.0 Å².